The van der Waals surface area contributed by atoms with E-state index in [2.05, 4.69) is 39.9 Å². The minimum atomic E-state index is 0.492. The lowest BCUT2D eigenvalue weighted by Gasteiger charge is -2.28. The Bertz CT molecular complexity index is 167. The zero-order chi connectivity index (χ0) is 10.8. The Morgan fingerprint density at radius 1 is 1.29 bits per heavy atom. The fourth-order valence-corrected chi connectivity index (χ4v) is 2.64. The predicted octanol–water partition coefficient (Wildman–Crippen LogP) is 3.45. The van der Waals surface area contributed by atoms with Crippen LogP contribution in [0.1, 0.15) is 53.9 Å². The van der Waals surface area contributed by atoms with Gasteiger partial charge in [-0.3, -0.25) is 0 Å². The van der Waals surface area contributed by atoms with Crippen molar-refractivity contribution in [2.75, 3.05) is 6.54 Å². The predicted molar refractivity (Wildman–Crippen MR) is 63.4 cm³/mol. The van der Waals surface area contributed by atoms with E-state index in [9.17, 15) is 0 Å². The molecule has 1 aliphatic heterocycles. The Morgan fingerprint density at radius 2 is 1.93 bits per heavy atom. The summed E-state index contributed by atoms with van der Waals surface area (Å²) >= 11 is 0. The van der Waals surface area contributed by atoms with E-state index in [0.29, 0.717) is 5.41 Å². The minimum absolute atomic E-state index is 0.492. The Morgan fingerprint density at radius 3 is 2.43 bits per heavy atom. The van der Waals surface area contributed by atoms with Crippen molar-refractivity contribution in [1.29, 1.82) is 0 Å². The molecule has 2 atom stereocenters. The fourth-order valence-electron chi connectivity index (χ4n) is 2.64. The molecule has 0 aromatic carbocycles. The van der Waals surface area contributed by atoms with Gasteiger partial charge in [-0.2, -0.15) is 0 Å². The molecule has 0 radical (unpaired) electrons. The van der Waals surface area contributed by atoms with Gasteiger partial charge in [-0.25, -0.2) is 0 Å². The van der Waals surface area contributed by atoms with Gasteiger partial charge in [-0.1, -0.05) is 34.6 Å². The third kappa shape index (κ3) is 4.00. The molecular formula is C13H27N. The molecule has 1 heterocycles. The normalized spacial score (nSPS) is 28.7. The number of rotatable bonds is 3. The Balaban J connectivity index is 2.43. The molecule has 0 amide bonds. The molecule has 2 unspecified atom stereocenters. The van der Waals surface area contributed by atoms with E-state index in [1.165, 1.54) is 25.8 Å². The molecular weight excluding hydrogens is 170 g/mol. The second-order valence-electron chi connectivity index (χ2n) is 6.50. The highest BCUT2D eigenvalue weighted by Gasteiger charge is 2.30. The molecule has 1 nitrogen and oxygen atoms in total. The van der Waals surface area contributed by atoms with Crippen LogP contribution in [-0.4, -0.2) is 12.6 Å². The maximum Gasteiger partial charge on any atom is 0.00984 e. The lowest BCUT2D eigenvalue weighted by molar-refractivity contribution is 0.258. The second kappa shape index (κ2) is 4.65. The molecule has 1 fully saturated rings. The molecule has 0 spiro atoms. The van der Waals surface area contributed by atoms with Gasteiger partial charge in [0.25, 0.3) is 0 Å². The summed E-state index contributed by atoms with van der Waals surface area (Å²) in [5.41, 5.74) is 0.492. The second-order valence-corrected chi connectivity index (χ2v) is 6.50. The summed E-state index contributed by atoms with van der Waals surface area (Å²) < 4.78 is 0. The third-order valence-corrected chi connectivity index (χ3v) is 3.09. The van der Waals surface area contributed by atoms with Crippen molar-refractivity contribution in [3.8, 4) is 0 Å². The summed E-state index contributed by atoms with van der Waals surface area (Å²) in [6, 6.07) is 0.786. The largest absolute Gasteiger partial charge is 0.314 e. The van der Waals surface area contributed by atoms with Crippen molar-refractivity contribution in [2.45, 2.75) is 59.9 Å². The number of nitrogens with one attached hydrogen (secondary N) is 1. The Kier molecular flexibility index (Phi) is 4.00. The highest BCUT2D eigenvalue weighted by atomic mass is 14.9. The van der Waals surface area contributed by atoms with Crippen molar-refractivity contribution in [3.05, 3.63) is 0 Å². The molecule has 1 N–H and O–H groups in total. The van der Waals surface area contributed by atoms with Crippen LogP contribution in [0, 0.1) is 17.3 Å². The van der Waals surface area contributed by atoms with Crippen molar-refractivity contribution in [2.24, 2.45) is 17.3 Å². The molecule has 14 heavy (non-hydrogen) atoms. The topological polar surface area (TPSA) is 12.0 Å². The quantitative estimate of drug-likeness (QED) is 0.731. The fraction of sp³-hybridized carbons (Fsp3) is 1.00. The van der Waals surface area contributed by atoms with Crippen LogP contribution >= 0.6 is 0 Å². The van der Waals surface area contributed by atoms with E-state index in [-0.39, 0.29) is 0 Å². The van der Waals surface area contributed by atoms with Gasteiger partial charge in [0, 0.05) is 6.04 Å². The van der Waals surface area contributed by atoms with Crippen LogP contribution in [0.5, 0.6) is 0 Å². The number of hydrogen-bond donors (Lipinski definition) is 1. The molecule has 1 aliphatic rings. The standard InChI is InChI=1S/C13H27N/c1-10(2)8-12-11(6-7-14-12)9-13(3,4)5/h10-12,14H,6-9H2,1-5H3. The lowest BCUT2D eigenvalue weighted by Crippen LogP contribution is -2.30. The van der Waals surface area contributed by atoms with Crippen LogP contribution in [0.25, 0.3) is 0 Å². The summed E-state index contributed by atoms with van der Waals surface area (Å²) in [6.07, 6.45) is 4.10. The van der Waals surface area contributed by atoms with Gasteiger partial charge in [0.15, 0.2) is 0 Å². The van der Waals surface area contributed by atoms with E-state index in [4.69, 9.17) is 0 Å². The van der Waals surface area contributed by atoms with Gasteiger partial charge in [-0.15, -0.1) is 0 Å². The zero-order valence-electron chi connectivity index (χ0n) is 10.6. The van der Waals surface area contributed by atoms with Gasteiger partial charge in [0.05, 0.1) is 0 Å². The van der Waals surface area contributed by atoms with Crippen molar-refractivity contribution < 1.29 is 0 Å². The summed E-state index contributed by atoms with van der Waals surface area (Å²) in [7, 11) is 0. The first-order valence-corrected chi connectivity index (χ1v) is 6.12. The smallest absolute Gasteiger partial charge is 0.00984 e. The summed E-state index contributed by atoms with van der Waals surface area (Å²) in [5, 5.41) is 3.66. The van der Waals surface area contributed by atoms with Crippen molar-refractivity contribution >= 4 is 0 Å². The molecule has 0 aromatic heterocycles. The highest BCUT2D eigenvalue weighted by molar-refractivity contribution is 4.86. The first-order chi connectivity index (χ1) is 6.38. The molecule has 0 aliphatic carbocycles. The molecule has 0 bridgehead atoms. The van der Waals surface area contributed by atoms with Crippen molar-refractivity contribution in [1.82, 2.24) is 5.32 Å². The van der Waals surface area contributed by atoms with Crippen LogP contribution < -0.4 is 5.32 Å². The molecule has 0 aromatic rings. The van der Waals surface area contributed by atoms with Crippen LogP contribution in [0.3, 0.4) is 0 Å². The first-order valence-electron chi connectivity index (χ1n) is 6.12. The Labute approximate surface area is 89.7 Å². The van der Waals surface area contributed by atoms with Crippen molar-refractivity contribution in [3.63, 3.8) is 0 Å². The van der Waals surface area contributed by atoms with Gasteiger partial charge in [-0.05, 0) is 43.1 Å². The molecule has 0 saturated carbocycles. The molecule has 1 rings (SSSR count). The zero-order valence-corrected chi connectivity index (χ0v) is 10.6. The summed E-state index contributed by atoms with van der Waals surface area (Å²) in [4.78, 5) is 0. The summed E-state index contributed by atoms with van der Waals surface area (Å²) in [5.74, 6) is 1.74. The minimum Gasteiger partial charge on any atom is -0.314 e. The van der Waals surface area contributed by atoms with E-state index >= 15 is 0 Å². The van der Waals surface area contributed by atoms with Crippen LogP contribution in [-0.2, 0) is 0 Å². The van der Waals surface area contributed by atoms with Crippen LogP contribution in [0.15, 0.2) is 0 Å². The van der Waals surface area contributed by atoms with E-state index in [1.807, 2.05) is 0 Å². The average Bonchev–Trinajstić information content (AvgIpc) is 2.32. The Hall–Kier alpha value is -0.0400. The maximum atomic E-state index is 3.66. The number of hydrogen-bond acceptors (Lipinski definition) is 1. The first kappa shape index (κ1) is 12.0. The van der Waals surface area contributed by atoms with Crippen LogP contribution in [0.2, 0.25) is 0 Å². The molecule has 1 heteroatoms. The van der Waals surface area contributed by atoms with E-state index < -0.39 is 0 Å². The van der Waals surface area contributed by atoms with Gasteiger partial charge >= 0.3 is 0 Å². The van der Waals surface area contributed by atoms with E-state index in [1.54, 1.807) is 0 Å². The van der Waals surface area contributed by atoms with Gasteiger partial charge < -0.3 is 5.32 Å². The lowest BCUT2D eigenvalue weighted by atomic mass is 9.80. The van der Waals surface area contributed by atoms with E-state index in [0.717, 1.165) is 17.9 Å². The molecule has 1 saturated heterocycles. The SMILES string of the molecule is CC(C)CC1NCCC1CC(C)(C)C. The molecule has 84 valence electrons. The van der Waals surface area contributed by atoms with Gasteiger partial charge in [0.2, 0.25) is 0 Å². The monoisotopic (exact) mass is 197 g/mol. The van der Waals surface area contributed by atoms with Crippen LogP contribution in [0.4, 0.5) is 0 Å². The highest BCUT2D eigenvalue weighted by Crippen LogP contribution is 2.32. The third-order valence-electron chi connectivity index (χ3n) is 3.09. The summed E-state index contributed by atoms with van der Waals surface area (Å²) in [6.45, 7) is 13.0. The average molecular weight is 197 g/mol. The van der Waals surface area contributed by atoms with Gasteiger partial charge in [0.1, 0.15) is 0 Å². The maximum absolute atomic E-state index is 3.66.